The normalized spacial score (nSPS) is 35.7. The highest BCUT2D eigenvalue weighted by molar-refractivity contribution is 6.07. The van der Waals surface area contributed by atoms with Crippen LogP contribution in [-0.4, -0.2) is 30.9 Å². The average molecular weight is 350 g/mol. The highest BCUT2D eigenvalue weighted by Crippen LogP contribution is 2.64. The number of carbonyl (C=O) groups excluding carboxylic acids is 3. The number of rotatable bonds is 8. The van der Waals surface area contributed by atoms with Crippen LogP contribution in [0, 0.1) is 22.7 Å². The van der Waals surface area contributed by atoms with E-state index in [0.29, 0.717) is 32.5 Å². The van der Waals surface area contributed by atoms with Gasteiger partial charge in [-0.15, -0.1) is 0 Å². The topological polar surface area (TPSA) is 69.7 Å². The molecule has 4 fully saturated rings. The van der Waals surface area contributed by atoms with Gasteiger partial charge in [0.2, 0.25) is 0 Å². The van der Waals surface area contributed by atoms with Gasteiger partial charge >= 0.3 is 11.9 Å². The van der Waals surface area contributed by atoms with Crippen LogP contribution in [0.5, 0.6) is 0 Å². The molecule has 0 amide bonds. The van der Waals surface area contributed by atoms with Gasteiger partial charge in [0, 0.05) is 5.92 Å². The predicted molar refractivity (Wildman–Crippen MR) is 91.7 cm³/mol. The molecular formula is C20H30O5. The molecule has 0 saturated heterocycles. The van der Waals surface area contributed by atoms with Gasteiger partial charge in [-0.25, -0.2) is 0 Å². The van der Waals surface area contributed by atoms with E-state index >= 15 is 0 Å². The molecule has 25 heavy (non-hydrogen) atoms. The van der Waals surface area contributed by atoms with Crippen LogP contribution >= 0.6 is 0 Å². The Morgan fingerprint density at radius 1 is 1.00 bits per heavy atom. The fourth-order valence-corrected chi connectivity index (χ4v) is 5.30. The molecule has 0 aromatic carbocycles. The van der Waals surface area contributed by atoms with Crippen molar-refractivity contribution in [3.05, 3.63) is 0 Å². The zero-order valence-electron chi connectivity index (χ0n) is 15.5. The standard InChI is InChI=1S/C20H30O5/c1-3-5-7-24-17(22)19-10-14-9-15(12-19)16(21)20(11-14,13-19)18(23)25-8-6-4-2/h14-15H,3-13H2,1-2H3/t14-,15+,19+,20+/m0/s1. The lowest BCUT2D eigenvalue weighted by Crippen LogP contribution is -2.63. The molecule has 0 aromatic heterocycles. The van der Waals surface area contributed by atoms with E-state index in [0.717, 1.165) is 38.5 Å². The number of ether oxygens (including phenoxy) is 2. The lowest BCUT2D eigenvalue weighted by atomic mass is 9.43. The van der Waals surface area contributed by atoms with Crippen molar-refractivity contribution >= 4 is 17.7 Å². The van der Waals surface area contributed by atoms with E-state index in [1.165, 1.54) is 0 Å². The number of ketones is 1. The van der Waals surface area contributed by atoms with Crippen molar-refractivity contribution in [2.45, 2.75) is 71.6 Å². The van der Waals surface area contributed by atoms with Gasteiger partial charge in [0.1, 0.15) is 5.41 Å². The van der Waals surface area contributed by atoms with E-state index in [2.05, 4.69) is 6.92 Å². The van der Waals surface area contributed by atoms with Crippen LogP contribution in [0.4, 0.5) is 0 Å². The summed E-state index contributed by atoms with van der Waals surface area (Å²) in [7, 11) is 0. The molecule has 0 aliphatic heterocycles. The Hall–Kier alpha value is -1.39. The summed E-state index contributed by atoms with van der Waals surface area (Å²) in [6.07, 6.45) is 6.52. The Balaban J connectivity index is 1.79. The van der Waals surface area contributed by atoms with Crippen LogP contribution in [0.1, 0.15) is 71.6 Å². The smallest absolute Gasteiger partial charge is 0.319 e. The van der Waals surface area contributed by atoms with Crippen LogP contribution in [0.2, 0.25) is 0 Å². The molecule has 0 unspecified atom stereocenters. The molecule has 4 saturated carbocycles. The van der Waals surface area contributed by atoms with Crippen LogP contribution < -0.4 is 0 Å². The highest BCUT2D eigenvalue weighted by Gasteiger charge is 2.68. The van der Waals surface area contributed by atoms with Crippen LogP contribution in [0.3, 0.4) is 0 Å². The van der Waals surface area contributed by atoms with Gasteiger partial charge in [0.15, 0.2) is 5.78 Å². The second-order valence-corrected chi connectivity index (χ2v) is 8.29. The van der Waals surface area contributed by atoms with E-state index in [9.17, 15) is 14.4 Å². The minimum Gasteiger partial charge on any atom is -0.465 e. The van der Waals surface area contributed by atoms with Crippen molar-refractivity contribution in [2.24, 2.45) is 22.7 Å². The quantitative estimate of drug-likeness (QED) is 0.381. The first-order valence-electron chi connectivity index (χ1n) is 9.86. The first-order valence-corrected chi connectivity index (χ1v) is 9.86. The summed E-state index contributed by atoms with van der Waals surface area (Å²) < 4.78 is 11.0. The van der Waals surface area contributed by atoms with Crippen LogP contribution in [0.25, 0.3) is 0 Å². The van der Waals surface area contributed by atoms with E-state index in [-0.39, 0.29) is 23.6 Å². The number of esters is 2. The predicted octanol–water partition coefficient (Wildman–Crippen LogP) is 3.44. The minimum absolute atomic E-state index is 0.0157. The molecule has 0 aromatic rings. The maximum atomic E-state index is 12.9. The average Bonchev–Trinajstić information content (AvgIpc) is 2.59. The van der Waals surface area contributed by atoms with Gasteiger partial charge in [-0.1, -0.05) is 26.7 Å². The Kier molecular flexibility index (Phi) is 5.21. The number of Topliss-reactive ketones (excluding diaryl/α,β-unsaturated/α-hetero) is 1. The number of unbranched alkanes of at least 4 members (excludes halogenated alkanes) is 2. The lowest BCUT2D eigenvalue weighted by Gasteiger charge is -2.58. The summed E-state index contributed by atoms with van der Waals surface area (Å²) in [6, 6.07) is 0. The molecule has 4 atom stereocenters. The van der Waals surface area contributed by atoms with E-state index in [1.54, 1.807) is 0 Å². The lowest BCUT2D eigenvalue weighted by molar-refractivity contribution is -0.194. The molecule has 140 valence electrons. The summed E-state index contributed by atoms with van der Waals surface area (Å²) in [4.78, 5) is 38.6. The Bertz CT molecular complexity index is 556. The van der Waals surface area contributed by atoms with E-state index in [1.807, 2.05) is 6.92 Å². The third-order valence-electron chi connectivity index (χ3n) is 6.34. The summed E-state index contributed by atoms with van der Waals surface area (Å²) in [5, 5.41) is 0. The van der Waals surface area contributed by atoms with E-state index < -0.39 is 16.8 Å². The summed E-state index contributed by atoms with van der Waals surface area (Å²) in [5.74, 6) is -0.511. The van der Waals surface area contributed by atoms with Crippen molar-refractivity contribution in [3.8, 4) is 0 Å². The number of hydrogen-bond acceptors (Lipinski definition) is 5. The molecule has 4 aliphatic rings. The van der Waals surface area contributed by atoms with Gasteiger partial charge in [0.25, 0.3) is 0 Å². The highest BCUT2D eigenvalue weighted by atomic mass is 16.5. The van der Waals surface area contributed by atoms with Gasteiger partial charge in [-0.2, -0.15) is 0 Å². The first-order chi connectivity index (χ1) is 12.0. The molecule has 5 heteroatoms. The molecule has 4 rings (SSSR count). The molecule has 4 bridgehead atoms. The fourth-order valence-electron chi connectivity index (χ4n) is 5.30. The molecule has 0 heterocycles. The molecular weight excluding hydrogens is 320 g/mol. The van der Waals surface area contributed by atoms with Crippen LogP contribution in [-0.2, 0) is 23.9 Å². The molecule has 0 spiro atoms. The zero-order valence-corrected chi connectivity index (χ0v) is 15.5. The Labute approximate surface area is 149 Å². The van der Waals surface area contributed by atoms with Gasteiger partial charge in [-0.3, -0.25) is 14.4 Å². The number of carbonyl (C=O) groups is 3. The van der Waals surface area contributed by atoms with Crippen molar-refractivity contribution in [3.63, 3.8) is 0 Å². The van der Waals surface area contributed by atoms with Crippen molar-refractivity contribution in [1.29, 1.82) is 0 Å². The van der Waals surface area contributed by atoms with E-state index in [4.69, 9.17) is 9.47 Å². The third kappa shape index (κ3) is 3.11. The van der Waals surface area contributed by atoms with Gasteiger partial charge < -0.3 is 9.47 Å². The monoisotopic (exact) mass is 350 g/mol. The Morgan fingerprint density at radius 2 is 1.64 bits per heavy atom. The summed E-state index contributed by atoms with van der Waals surface area (Å²) in [5.41, 5.74) is -1.75. The van der Waals surface area contributed by atoms with Crippen LogP contribution in [0.15, 0.2) is 0 Å². The summed E-state index contributed by atoms with van der Waals surface area (Å²) in [6.45, 7) is 4.87. The first kappa shape index (κ1) is 18.4. The maximum absolute atomic E-state index is 12.9. The molecule has 5 nitrogen and oxygen atoms in total. The van der Waals surface area contributed by atoms with Gasteiger partial charge in [0.05, 0.1) is 18.6 Å². The van der Waals surface area contributed by atoms with Gasteiger partial charge in [-0.05, 0) is 50.9 Å². The number of hydrogen-bond donors (Lipinski definition) is 0. The fraction of sp³-hybridized carbons (Fsp3) is 0.850. The second kappa shape index (κ2) is 7.08. The van der Waals surface area contributed by atoms with Crippen molar-refractivity contribution in [1.82, 2.24) is 0 Å². The maximum Gasteiger partial charge on any atom is 0.319 e. The third-order valence-corrected chi connectivity index (χ3v) is 6.34. The molecule has 0 N–H and O–H groups in total. The second-order valence-electron chi connectivity index (χ2n) is 8.29. The largest absolute Gasteiger partial charge is 0.465 e. The molecule has 4 aliphatic carbocycles. The Morgan fingerprint density at radius 3 is 2.28 bits per heavy atom. The zero-order chi connectivity index (χ0) is 18.1. The van der Waals surface area contributed by atoms with Crippen molar-refractivity contribution in [2.75, 3.05) is 13.2 Å². The SMILES string of the molecule is CCCCOC(=O)[C@]12C[C@@H]3C[C@H](C1)C(=O)[C@@](C(=O)OCCCC)(C3)C2. The molecule has 0 radical (unpaired) electrons. The summed E-state index contributed by atoms with van der Waals surface area (Å²) >= 11 is 0. The minimum atomic E-state index is -1.10. The van der Waals surface area contributed by atoms with Crippen molar-refractivity contribution < 1.29 is 23.9 Å².